The van der Waals surface area contributed by atoms with Crippen LogP contribution >= 0.6 is 22.6 Å². The van der Waals surface area contributed by atoms with Crippen LogP contribution in [0.4, 0.5) is 10.1 Å². The highest BCUT2D eigenvalue weighted by Gasteiger charge is 2.16. The van der Waals surface area contributed by atoms with E-state index in [4.69, 9.17) is 5.73 Å². The van der Waals surface area contributed by atoms with E-state index in [0.717, 1.165) is 19.9 Å². The number of amides is 1. The maximum Gasteiger partial charge on any atom is 0.241 e. The second-order valence-corrected chi connectivity index (χ2v) is 6.85. The van der Waals surface area contributed by atoms with Crippen LogP contribution in [0.25, 0.3) is 10.8 Å². The van der Waals surface area contributed by atoms with Gasteiger partial charge in [0.2, 0.25) is 5.91 Å². The molecule has 0 radical (unpaired) electrons. The van der Waals surface area contributed by atoms with Gasteiger partial charge in [-0.15, -0.1) is 0 Å². The molecule has 0 aliphatic heterocycles. The Balaban J connectivity index is 1.70. The molecule has 3 nitrogen and oxygen atoms in total. The summed E-state index contributed by atoms with van der Waals surface area (Å²) in [6.07, 6.45) is 0.392. The monoisotopic (exact) mass is 434 g/mol. The van der Waals surface area contributed by atoms with Gasteiger partial charge < -0.3 is 11.1 Å². The normalized spacial score (nSPS) is 12.1. The molecule has 3 N–H and O–H groups in total. The molecule has 0 bridgehead atoms. The summed E-state index contributed by atoms with van der Waals surface area (Å²) in [6, 6.07) is 17.9. The molecule has 0 aromatic heterocycles. The Bertz CT molecular complexity index is 897. The summed E-state index contributed by atoms with van der Waals surface area (Å²) in [5, 5.41) is 4.79. The Hall–Kier alpha value is -1.99. The average Bonchev–Trinajstić information content (AvgIpc) is 2.57. The van der Waals surface area contributed by atoms with Gasteiger partial charge >= 0.3 is 0 Å². The summed E-state index contributed by atoms with van der Waals surface area (Å²) in [5.74, 6) is -0.864. The SMILES string of the molecule is N[C@@H](Cc1ccc2ccccc2c1)C(=O)Nc1ccc(I)cc1F. The quantitative estimate of drug-likeness (QED) is 0.608. The van der Waals surface area contributed by atoms with E-state index >= 15 is 0 Å². The fraction of sp³-hybridized carbons (Fsp3) is 0.105. The second kappa shape index (κ2) is 7.27. The summed E-state index contributed by atoms with van der Waals surface area (Å²) >= 11 is 2.01. The largest absolute Gasteiger partial charge is 0.322 e. The predicted molar refractivity (Wildman–Crippen MR) is 103 cm³/mol. The van der Waals surface area contributed by atoms with Gasteiger partial charge in [0, 0.05) is 3.57 Å². The number of nitrogens with two attached hydrogens (primary N) is 1. The van der Waals surface area contributed by atoms with E-state index in [-0.39, 0.29) is 5.69 Å². The van der Waals surface area contributed by atoms with Gasteiger partial charge in [0.25, 0.3) is 0 Å². The maximum absolute atomic E-state index is 13.8. The molecular formula is C19H16FIN2O. The predicted octanol–water partition coefficient (Wildman–Crippen LogP) is 4.09. The van der Waals surface area contributed by atoms with Crippen molar-refractivity contribution in [2.45, 2.75) is 12.5 Å². The first-order valence-corrected chi connectivity index (χ1v) is 8.60. The molecule has 3 aromatic rings. The van der Waals surface area contributed by atoms with Crippen LogP contribution in [0.3, 0.4) is 0 Å². The standard InChI is InChI=1S/C19H16FIN2O/c20-16-11-15(21)7-8-18(16)23-19(24)17(22)10-12-5-6-13-3-1-2-4-14(13)9-12/h1-9,11,17H,10,22H2,(H,23,24)/t17-/m0/s1. The van der Waals surface area contributed by atoms with Gasteiger partial charge in [-0.25, -0.2) is 4.39 Å². The van der Waals surface area contributed by atoms with Crippen molar-refractivity contribution >= 4 is 45.0 Å². The number of benzene rings is 3. The van der Waals surface area contributed by atoms with E-state index in [2.05, 4.69) is 5.32 Å². The number of halogens is 2. The van der Waals surface area contributed by atoms with Crippen molar-refractivity contribution in [1.82, 2.24) is 0 Å². The Labute approximate surface area is 153 Å². The maximum atomic E-state index is 13.8. The molecule has 0 saturated carbocycles. The van der Waals surface area contributed by atoms with Crippen molar-refractivity contribution in [3.63, 3.8) is 0 Å². The number of nitrogens with one attached hydrogen (secondary N) is 1. The van der Waals surface area contributed by atoms with Crippen LogP contribution in [0.5, 0.6) is 0 Å². The number of fused-ring (bicyclic) bond motifs is 1. The third kappa shape index (κ3) is 3.91. The van der Waals surface area contributed by atoms with E-state index in [1.807, 2.05) is 65.1 Å². The molecule has 1 atom stereocenters. The second-order valence-electron chi connectivity index (χ2n) is 5.61. The van der Waals surface area contributed by atoms with Crippen molar-refractivity contribution < 1.29 is 9.18 Å². The first-order valence-electron chi connectivity index (χ1n) is 7.52. The van der Waals surface area contributed by atoms with Crippen LogP contribution in [-0.2, 0) is 11.2 Å². The average molecular weight is 434 g/mol. The first kappa shape index (κ1) is 16.9. The summed E-state index contributed by atoms with van der Waals surface area (Å²) in [5.41, 5.74) is 7.10. The molecular weight excluding hydrogens is 418 g/mol. The van der Waals surface area contributed by atoms with E-state index in [1.165, 1.54) is 12.1 Å². The van der Waals surface area contributed by atoms with E-state index in [1.54, 1.807) is 6.07 Å². The van der Waals surface area contributed by atoms with Gasteiger partial charge in [-0.05, 0) is 63.5 Å². The molecule has 5 heteroatoms. The van der Waals surface area contributed by atoms with Gasteiger partial charge in [-0.2, -0.15) is 0 Å². The van der Waals surface area contributed by atoms with Gasteiger partial charge in [-0.3, -0.25) is 4.79 Å². The highest BCUT2D eigenvalue weighted by molar-refractivity contribution is 14.1. The molecule has 0 fully saturated rings. The molecule has 0 spiro atoms. The number of rotatable bonds is 4. The van der Waals surface area contributed by atoms with E-state index in [0.29, 0.717) is 6.42 Å². The minimum Gasteiger partial charge on any atom is -0.322 e. The molecule has 24 heavy (non-hydrogen) atoms. The minimum atomic E-state index is -0.746. The molecule has 0 aliphatic carbocycles. The van der Waals surface area contributed by atoms with Crippen LogP contribution in [0.15, 0.2) is 60.7 Å². The number of anilines is 1. The van der Waals surface area contributed by atoms with Crippen LogP contribution in [-0.4, -0.2) is 11.9 Å². The highest BCUT2D eigenvalue weighted by Crippen LogP contribution is 2.19. The van der Waals surface area contributed by atoms with Gasteiger partial charge in [0.15, 0.2) is 0 Å². The fourth-order valence-corrected chi connectivity index (χ4v) is 2.98. The molecule has 0 unspecified atom stereocenters. The molecule has 0 saturated heterocycles. The molecule has 3 aromatic carbocycles. The Kier molecular flexibility index (Phi) is 5.11. The summed E-state index contributed by atoms with van der Waals surface area (Å²) in [6.45, 7) is 0. The van der Waals surface area contributed by atoms with Crippen LogP contribution in [0.2, 0.25) is 0 Å². The number of carbonyl (C=O) groups excluding carboxylic acids is 1. The lowest BCUT2D eigenvalue weighted by Crippen LogP contribution is -2.37. The molecule has 3 rings (SSSR count). The Morgan fingerprint density at radius 1 is 1.08 bits per heavy atom. The zero-order valence-electron chi connectivity index (χ0n) is 12.8. The lowest BCUT2D eigenvalue weighted by atomic mass is 10.0. The van der Waals surface area contributed by atoms with Crippen molar-refractivity contribution in [2.75, 3.05) is 5.32 Å². The lowest BCUT2D eigenvalue weighted by Gasteiger charge is -2.13. The Morgan fingerprint density at radius 3 is 2.58 bits per heavy atom. The van der Waals surface area contributed by atoms with Crippen LogP contribution in [0, 0.1) is 9.39 Å². The molecule has 0 aliphatic rings. The summed E-state index contributed by atoms with van der Waals surface area (Å²) in [7, 11) is 0. The van der Waals surface area contributed by atoms with E-state index in [9.17, 15) is 9.18 Å². The smallest absolute Gasteiger partial charge is 0.241 e. The number of hydrogen-bond donors (Lipinski definition) is 2. The summed E-state index contributed by atoms with van der Waals surface area (Å²) in [4.78, 5) is 12.2. The zero-order chi connectivity index (χ0) is 17.1. The first-order chi connectivity index (χ1) is 11.5. The molecule has 1 amide bonds. The van der Waals surface area contributed by atoms with Crippen molar-refractivity contribution in [3.8, 4) is 0 Å². The third-order valence-corrected chi connectivity index (χ3v) is 4.47. The van der Waals surface area contributed by atoms with Crippen molar-refractivity contribution in [1.29, 1.82) is 0 Å². The van der Waals surface area contributed by atoms with Gasteiger partial charge in [0.1, 0.15) is 5.82 Å². The van der Waals surface area contributed by atoms with E-state index < -0.39 is 17.8 Å². The third-order valence-electron chi connectivity index (χ3n) is 3.80. The molecule has 0 heterocycles. The highest BCUT2D eigenvalue weighted by atomic mass is 127. The Morgan fingerprint density at radius 2 is 1.83 bits per heavy atom. The van der Waals surface area contributed by atoms with Crippen molar-refractivity contribution in [2.24, 2.45) is 5.73 Å². The number of hydrogen-bond acceptors (Lipinski definition) is 2. The minimum absolute atomic E-state index is 0.148. The van der Waals surface area contributed by atoms with Crippen LogP contribution in [0.1, 0.15) is 5.56 Å². The van der Waals surface area contributed by atoms with Gasteiger partial charge in [-0.1, -0.05) is 42.5 Å². The molecule has 122 valence electrons. The summed E-state index contributed by atoms with van der Waals surface area (Å²) < 4.78 is 14.6. The van der Waals surface area contributed by atoms with Crippen molar-refractivity contribution in [3.05, 3.63) is 75.6 Å². The van der Waals surface area contributed by atoms with Gasteiger partial charge in [0.05, 0.1) is 11.7 Å². The van der Waals surface area contributed by atoms with Crippen LogP contribution < -0.4 is 11.1 Å². The number of carbonyl (C=O) groups is 1. The fourth-order valence-electron chi connectivity index (χ4n) is 2.53. The lowest BCUT2D eigenvalue weighted by molar-refractivity contribution is -0.117. The zero-order valence-corrected chi connectivity index (χ0v) is 15.0. The topological polar surface area (TPSA) is 55.1 Å².